The van der Waals surface area contributed by atoms with Crippen LogP contribution >= 0.6 is 11.5 Å². The Morgan fingerprint density at radius 2 is 2.11 bits per heavy atom. The molecular formula is C15H21N3S. The van der Waals surface area contributed by atoms with Crippen molar-refractivity contribution in [2.75, 3.05) is 6.54 Å². The zero-order chi connectivity index (χ0) is 13.7. The molecule has 2 rings (SSSR count). The fraction of sp³-hybridized carbons (Fsp3) is 0.467. The highest BCUT2D eigenvalue weighted by molar-refractivity contribution is 7.03. The minimum absolute atomic E-state index is 0.265. The van der Waals surface area contributed by atoms with E-state index in [0.717, 1.165) is 25.1 Å². The molecule has 1 atom stereocenters. The zero-order valence-corrected chi connectivity index (χ0v) is 12.6. The number of nitrogens with one attached hydrogen (secondary N) is 1. The lowest BCUT2D eigenvalue weighted by molar-refractivity contribution is 0.517. The van der Waals surface area contributed by atoms with E-state index in [9.17, 15) is 0 Å². The van der Waals surface area contributed by atoms with Gasteiger partial charge in [0.25, 0.3) is 0 Å². The fourth-order valence-corrected chi connectivity index (χ4v) is 2.60. The van der Waals surface area contributed by atoms with Gasteiger partial charge < -0.3 is 5.32 Å². The smallest absolute Gasteiger partial charge is 0.0928 e. The minimum atomic E-state index is 0.265. The van der Waals surface area contributed by atoms with Crippen LogP contribution < -0.4 is 5.32 Å². The summed E-state index contributed by atoms with van der Waals surface area (Å²) in [4.78, 5) is 0. The minimum Gasteiger partial charge on any atom is -0.308 e. The lowest BCUT2D eigenvalue weighted by Crippen LogP contribution is -2.24. The predicted molar refractivity (Wildman–Crippen MR) is 80.6 cm³/mol. The summed E-state index contributed by atoms with van der Waals surface area (Å²) in [6, 6.07) is 6.94. The van der Waals surface area contributed by atoms with Gasteiger partial charge in [0.2, 0.25) is 0 Å². The summed E-state index contributed by atoms with van der Waals surface area (Å²) in [5, 5.41) is 9.81. The van der Waals surface area contributed by atoms with Crippen LogP contribution in [0.1, 0.15) is 41.8 Å². The Labute approximate surface area is 119 Å². The van der Waals surface area contributed by atoms with Gasteiger partial charge in [0, 0.05) is 5.38 Å². The Morgan fingerprint density at radius 3 is 2.74 bits per heavy atom. The van der Waals surface area contributed by atoms with Crippen molar-refractivity contribution >= 4 is 11.5 Å². The number of hydrogen-bond acceptors (Lipinski definition) is 4. The van der Waals surface area contributed by atoms with Crippen molar-refractivity contribution in [3.8, 4) is 0 Å². The third kappa shape index (κ3) is 3.85. The van der Waals surface area contributed by atoms with Crippen LogP contribution in [-0.4, -0.2) is 16.1 Å². The molecule has 4 heteroatoms. The highest BCUT2D eigenvalue weighted by atomic mass is 32.1. The molecule has 102 valence electrons. The Balaban J connectivity index is 2.13. The van der Waals surface area contributed by atoms with Crippen molar-refractivity contribution < 1.29 is 0 Å². The van der Waals surface area contributed by atoms with E-state index in [1.54, 1.807) is 0 Å². The van der Waals surface area contributed by atoms with E-state index in [4.69, 9.17) is 0 Å². The van der Waals surface area contributed by atoms with Gasteiger partial charge >= 0.3 is 0 Å². The van der Waals surface area contributed by atoms with Gasteiger partial charge in [-0.2, -0.15) is 0 Å². The number of aryl methyl sites for hydroxylation is 2. The van der Waals surface area contributed by atoms with Crippen molar-refractivity contribution in [3.63, 3.8) is 0 Å². The van der Waals surface area contributed by atoms with Gasteiger partial charge in [-0.3, -0.25) is 0 Å². The normalized spacial score (nSPS) is 12.6. The van der Waals surface area contributed by atoms with E-state index in [-0.39, 0.29) is 6.04 Å². The molecule has 0 radical (unpaired) electrons. The molecule has 19 heavy (non-hydrogen) atoms. The number of rotatable bonds is 6. The molecule has 0 bridgehead atoms. The number of aromatic nitrogens is 2. The monoisotopic (exact) mass is 275 g/mol. The summed E-state index contributed by atoms with van der Waals surface area (Å²) >= 11 is 1.42. The summed E-state index contributed by atoms with van der Waals surface area (Å²) in [5.74, 6) is 0. The van der Waals surface area contributed by atoms with Crippen molar-refractivity contribution in [2.45, 2.75) is 39.7 Å². The number of benzene rings is 1. The average molecular weight is 275 g/mol. The van der Waals surface area contributed by atoms with E-state index in [1.165, 1.54) is 28.2 Å². The summed E-state index contributed by atoms with van der Waals surface area (Å²) < 4.78 is 3.98. The predicted octanol–water partition coefficient (Wildman–Crippen LogP) is 3.44. The largest absolute Gasteiger partial charge is 0.308 e. The van der Waals surface area contributed by atoms with Gasteiger partial charge in [-0.25, -0.2) is 0 Å². The Bertz CT molecular complexity index is 508. The highest BCUT2D eigenvalue weighted by Crippen LogP contribution is 2.19. The van der Waals surface area contributed by atoms with E-state index in [0.29, 0.717) is 0 Å². The third-order valence-electron chi connectivity index (χ3n) is 3.39. The molecule has 1 aromatic carbocycles. The molecule has 2 aromatic rings. The second kappa shape index (κ2) is 6.78. The van der Waals surface area contributed by atoms with Gasteiger partial charge in [0.05, 0.1) is 11.7 Å². The van der Waals surface area contributed by atoms with Gasteiger partial charge in [0.1, 0.15) is 0 Å². The van der Waals surface area contributed by atoms with Crippen molar-refractivity contribution in [1.29, 1.82) is 0 Å². The van der Waals surface area contributed by atoms with E-state index < -0.39 is 0 Å². The average Bonchev–Trinajstić information content (AvgIpc) is 2.92. The quantitative estimate of drug-likeness (QED) is 0.877. The summed E-state index contributed by atoms with van der Waals surface area (Å²) in [7, 11) is 0. The van der Waals surface area contributed by atoms with Crippen LogP contribution in [0.5, 0.6) is 0 Å². The second-order valence-electron chi connectivity index (χ2n) is 4.96. The molecule has 0 saturated heterocycles. The molecule has 0 amide bonds. The standard InChI is InChI=1S/C15H21N3S/c1-4-7-16-14(15-10-19-18-17-15)9-13-6-5-11(2)12(3)8-13/h5-6,8,10,14,16H,4,7,9H2,1-3H3. The van der Waals surface area contributed by atoms with E-state index in [2.05, 4.69) is 53.9 Å². The summed E-state index contributed by atoms with van der Waals surface area (Å²) in [6.07, 6.45) is 2.09. The molecule has 0 aliphatic heterocycles. The third-order valence-corrected chi connectivity index (χ3v) is 3.91. The molecule has 1 unspecified atom stereocenters. The van der Waals surface area contributed by atoms with Crippen molar-refractivity contribution in [1.82, 2.24) is 14.9 Å². The first-order valence-electron chi connectivity index (χ1n) is 6.77. The van der Waals surface area contributed by atoms with Crippen LogP contribution in [0.3, 0.4) is 0 Å². The van der Waals surface area contributed by atoms with Gasteiger partial charge in [-0.05, 0) is 61.5 Å². The summed E-state index contributed by atoms with van der Waals surface area (Å²) in [5.41, 5.74) is 5.10. The number of hydrogen-bond donors (Lipinski definition) is 1. The van der Waals surface area contributed by atoms with Crippen LogP contribution in [0.2, 0.25) is 0 Å². The molecule has 0 aliphatic carbocycles. The van der Waals surface area contributed by atoms with E-state index in [1.807, 2.05) is 5.38 Å². The molecule has 1 aromatic heterocycles. The van der Waals surface area contributed by atoms with Gasteiger partial charge in [-0.15, -0.1) is 5.10 Å². The topological polar surface area (TPSA) is 37.8 Å². The first-order valence-corrected chi connectivity index (χ1v) is 7.60. The molecule has 0 fully saturated rings. The van der Waals surface area contributed by atoms with Crippen LogP contribution in [0.15, 0.2) is 23.6 Å². The SMILES string of the molecule is CCCNC(Cc1ccc(C)c(C)c1)c1csnn1. The summed E-state index contributed by atoms with van der Waals surface area (Å²) in [6.45, 7) is 7.50. The van der Waals surface area contributed by atoms with Crippen molar-refractivity contribution in [3.05, 3.63) is 46.0 Å². The number of nitrogens with zero attached hydrogens (tertiary/aromatic N) is 2. The Morgan fingerprint density at radius 1 is 1.26 bits per heavy atom. The molecule has 1 N–H and O–H groups in total. The lowest BCUT2D eigenvalue weighted by Gasteiger charge is -2.16. The fourth-order valence-electron chi connectivity index (χ4n) is 2.09. The zero-order valence-electron chi connectivity index (χ0n) is 11.8. The molecule has 0 spiro atoms. The molecule has 0 aliphatic rings. The Kier molecular flexibility index (Phi) is 5.05. The Hall–Kier alpha value is -1.26. The molecule has 0 saturated carbocycles. The van der Waals surface area contributed by atoms with Crippen molar-refractivity contribution in [2.24, 2.45) is 0 Å². The van der Waals surface area contributed by atoms with Crippen LogP contribution in [0.4, 0.5) is 0 Å². The maximum atomic E-state index is 4.21. The van der Waals surface area contributed by atoms with Crippen LogP contribution in [-0.2, 0) is 6.42 Å². The molecule has 1 heterocycles. The van der Waals surface area contributed by atoms with E-state index >= 15 is 0 Å². The van der Waals surface area contributed by atoms with Crippen LogP contribution in [0, 0.1) is 13.8 Å². The second-order valence-corrected chi connectivity index (χ2v) is 5.57. The highest BCUT2D eigenvalue weighted by Gasteiger charge is 2.14. The van der Waals surface area contributed by atoms with Crippen LogP contribution in [0.25, 0.3) is 0 Å². The molecular weight excluding hydrogens is 254 g/mol. The van der Waals surface area contributed by atoms with Gasteiger partial charge in [-0.1, -0.05) is 29.6 Å². The maximum absolute atomic E-state index is 4.21. The first kappa shape index (κ1) is 14.2. The maximum Gasteiger partial charge on any atom is 0.0928 e. The van der Waals surface area contributed by atoms with Gasteiger partial charge in [0.15, 0.2) is 0 Å². The lowest BCUT2D eigenvalue weighted by atomic mass is 9.99. The first-order chi connectivity index (χ1) is 9.20. The molecule has 3 nitrogen and oxygen atoms in total.